The van der Waals surface area contributed by atoms with E-state index in [0.717, 1.165) is 38.9 Å². The molecule has 0 fully saturated rings. The van der Waals surface area contributed by atoms with Gasteiger partial charge in [0.2, 0.25) is 0 Å². The molecule has 0 aromatic rings. The normalized spacial score (nSPS) is 13.1. The summed E-state index contributed by atoms with van der Waals surface area (Å²) in [4.78, 5) is 13.0. The van der Waals surface area contributed by atoms with Gasteiger partial charge in [0.05, 0.1) is 5.92 Å². The van der Waals surface area contributed by atoms with Crippen molar-refractivity contribution < 1.29 is 9.90 Å². The third-order valence-electron chi connectivity index (χ3n) is 2.38. The quantitative estimate of drug-likeness (QED) is 0.654. The SMILES string of the molecule is CCCN(CCC)CCC(C)C(=O)O. The second-order valence-corrected chi connectivity index (χ2v) is 3.87. The summed E-state index contributed by atoms with van der Waals surface area (Å²) in [5.41, 5.74) is 0. The number of hydrogen-bond acceptors (Lipinski definition) is 2. The molecule has 0 saturated heterocycles. The van der Waals surface area contributed by atoms with E-state index < -0.39 is 5.97 Å². The molecule has 14 heavy (non-hydrogen) atoms. The van der Waals surface area contributed by atoms with Crippen LogP contribution in [0, 0.1) is 5.92 Å². The highest BCUT2D eigenvalue weighted by molar-refractivity contribution is 5.69. The molecule has 3 nitrogen and oxygen atoms in total. The average molecular weight is 201 g/mol. The first kappa shape index (κ1) is 13.4. The van der Waals surface area contributed by atoms with Gasteiger partial charge in [-0.05, 0) is 38.9 Å². The molecule has 1 N–H and O–H groups in total. The zero-order valence-electron chi connectivity index (χ0n) is 9.62. The van der Waals surface area contributed by atoms with E-state index in [4.69, 9.17) is 5.11 Å². The van der Waals surface area contributed by atoms with Crippen LogP contribution in [0.1, 0.15) is 40.0 Å². The molecular weight excluding hydrogens is 178 g/mol. The van der Waals surface area contributed by atoms with Crippen LogP contribution >= 0.6 is 0 Å². The highest BCUT2D eigenvalue weighted by atomic mass is 16.4. The Bertz CT molecular complexity index is 153. The lowest BCUT2D eigenvalue weighted by atomic mass is 10.1. The van der Waals surface area contributed by atoms with Gasteiger partial charge in [-0.1, -0.05) is 20.8 Å². The molecule has 0 bridgehead atoms. The van der Waals surface area contributed by atoms with Crippen LogP contribution in [0.15, 0.2) is 0 Å². The molecule has 3 heteroatoms. The Labute approximate surface area is 87.1 Å². The van der Waals surface area contributed by atoms with Crippen molar-refractivity contribution in [2.45, 2.75) is 40.0 Å². The fourth-order valence-corrected chi connectivity index (χ4v) is 1.47. The van der Waals surface area contributed by atoms with Gasteiger partial charge in [0.15, 0.2) is 0 Å². The van der Waals surface area contributed by atoms with Crippen LogP contribution in [0.4, 0.5) is 0 Å². The van der Waals surface area contributed by atoms with Crippen LogP contribution in [0.25, 0.3) is 0 Å². The van der Waals surface area contributed by atoms with Gasteiger partial charge in [-0.2, -0.15) is 0 Å². The van der Waals surface area contributed by atoms with E-state index in [1.165, 1.54) is 0 Å². The van der Waals surface area contributed by atoms with E-state index >= 15 is 0 Å². The topological polar surface area (TPSA) is 40.5 Å². The lowest BCUT2D eigenvalue weighted by molar-refractivity contribution is -0.141. The summed E-state index contributed by atoms with van der Waals surface area (Å²) >= 11 is 0. The molecule has 0 heterocycles. The number of aliphatic carboxylic acids is 1. The maximum Gasteiger partial charge on any atom is 0.306 e. The van der Waals surface area contributed by atoms with Gasteiger partial charge in [0.25, 0.3) is 0 Å². The van der Waals surface area contributed by atoms with E-state index in [-0.39, 0.29) is 5.92 Å². The highest BCUT2D eigenvalue weighted by Crippen LogP contribution is 2.04. The molecule has 0 aliphatic rings. The minimum Gasteiger partial charge on any atom is -0.481 e. The van der Waals surface area contributed by atoms with Crippen LogP contribution < -0.4 is 0 Å². The van der Waals surface area contributed by atoms with Gasteiger partial charge in [-0.15, -0.1) is 0 Å². The number of carbonyl (C=O) groups is 1. The van der Waals surface area contributed by atoms with Crippen molar-refractivity contribution in [1.29, 1.82) is 0 Å². The van der Waals surface area contributed by atoms with Gasteiger partial charge in [-0.25, -0.2) is 0 Å². The summed E-state index contributed by atoms with van der Waals surface area (Å²) < 4.78 is 0. The van der Waals surface area contributed by atoms with Crippen LogP contribution in [0.5, 0.6) is 0 Å². The molecule has 84 valence electrons. The summed E-state index contributed by atoms with van der Waals surface area (Å²) in [6.07, 6.45) is 3.04. The number of hydrogen-bond donors (Lipinski definition) is 1. The third-order valence-corrected chi connectivity index (χ3v) is 2.38. The van der Waals surface area contributed by atoms with Crippen LogP contribution in [0.2, 0.25) is 0 Å². The Morgan fingerprint density at radius 3 is 2.07 bits per heavy atom. The third kappa shape index (κ3) is 5.97. The molecule has 0 aromatic heterocycles. The van der Waals surface area contributed by atoms with Gasteiger partial charge >= 0.3 is 5.97 Å². The second kappa shape index (κ2) is 7.80. The van der Waals surface area contributed by atoms with Gasteiger partial charge in [0, 0.05) is 0 Å². The minimum atomic E-state index is -0.682. The summed E-state index contributed by atoms with van der Waals surface area (Å²) in [6.45, 7) is 9.17. The highest BCUT2D eigenvalue weighted by Gasteiger charge is 2.12. The Kier molecular flexibility index (Phi) is 7.48. The van der Waals surface area contributed by atoms with Crippen molar-refractivity contribution in [2.75, 3.05) is 19.6 Å². The standard InChI is InChI=1S/C11H23NO2/c1-4-7-12(8-5-2)9-6-10(3)11(13)14/h10H,4-9H2,1-3H3,(H,13,14). The smallest absolute Gasteiger partial charge is 0.306 e. The fourth-order valence-electron chi connectivity index (χ4n) is 1.47. The molecule has 0 radical (unpaired) electrons. The molecule has 0 rings (SSSR count). The second-order valence-electron chi connectivity index (χ2n) is 3.87. The zero-order valence-corrected chi connectivity index (χ0v) is 9.62. The van der Waals surface area contributed by atoms with Crippen LogP contribution in [-0.2, 0) is 4.79 Å². The van der Waals surface area contributed by atoms with Crippen molar-refractivity contribution in [1.82, 2.24) is 4.90 Å². The van der Waals surface area contributed by atoms with Crippen molar-refractivity contribution in [3.8, 4) is 0 Å². The number of nitrogens with zero attached hydrogens (tertiary/aromatic N) is 1. The summed E-state index contributed by atoms with van der Waals surface area (Å²) in [6, 6.07) is 0. The van der Waals surface area contributed by atoms with Crippen molar-refractivity contribution in [3.05, 3.63) is 0 Å². The first-order valence-corrected chi connectivity index (χ1v) is 5.56. The van der Waals surface area contributed by atoms with Gasteiger partial charge < -0.3 is 10.0 Å². The van der Waals surface area contributed by atoms with Gasteiger partial charge in [-0.3, -0.25) is 4.79 Å². The minimum absolute atomic E-state index is 0.216. The largest absolute Gasteiger partial charge is 0.481 e. The van der Waals surface area contributed by atoms with Crippen LogP contribution in [0.3, 0.4) is 0 Å². The Morgan fingerprint density at radius 2 is 1.71 bits per heavy atom. The lowest BCUT2D eigenvalue weighted by Gasteiger charge is -2.21. The van der Waals surface area contributed by atoms with Crippen molar-refractivity contribution in [3.63, 3.8) is 0 Å². The van der Waals surface area contributed by atoms with E-state index in [2.05, 4.69) is 18.7 Å². The van der Waals surface area contributed by atoms with E-state index in [1.54, 1.807) is 6.92 Å². The Balaban J connectivity index is 3.74. The molecule has 0 spiro atoms. The first-order valence-electron chi connectivity index (χ1n) is 5.56. The number of rotatable bonds is 8. The number of carboxylic acid groups (broad SMARTS) is 1. The molecule has 0 aliphatic heterocycles. The predicted molar refractivity (Wildman–Crippen MR) is 58.4 cm³/mol. The summed E-state index contributed by atoms with van der Waals surface area (Å²) in [5.74, 6) is -0.899. The lowest BCUT2D eigenvalue weighted by Crippen LogP contribution is -2.28. The maximum absolute atomic E-state index is 10.6. The van der Waals surface area contributed by atoms with Crippen molar-refractivity contribution in [2.24, 2.45) is 5.92 Å². The zero-order chi connectivity index (χ0) is 11.0. The molecule has 1 unspecified atom stereocenters. The van der Waals surface area contributed by atoms with E-state index in [0.29, 0.717) is 0 Å². The number of carboxylic acids is 1. The Morgan fingerprint density at radius 1 is 1.21 bits per heavy atom. The molecule has 0 saturated carbocycles. The Hall–Kier alpha value is -0.570. The van der Waals surface area contributed by atoms with E-state index in [1.807, 2.05) is 0 Å². The fraction of sp³-hybridized carbons (Fsp3) is 0.909. The monoisotopic (exact) mass is 201 g/mol. The van der Waals surface area contributed by atoms with Gasteiger partial charge in [0.1, 0.15) is 0 Å². The van der Waals surface area contributed by atoms with E-state index in [9.17, 15) is 4.79 Å². The van der Waals surface area contributed by atoms with Crippen molar-refractivity contribution >= 4 is 5.97 Å². The summed E-state index contributed by atoms with van der Waals surface area (Å²) in [7, 11) is 0. The molecule has 0 amide bonds. The molecule has 0 aliphatic carbocycles. The average Bonchev–Trinajstić information content (AvgIpc) is 2.14. The van der Waals surface area contributed by atoms with Crippen LogP contribution in [-0.4, -0.2) is 35.6 Å². The molecule has 1 atom stereocenters. The maximum atomic E-state index is 10.6. The molecule has 0 aromatic carbocycles. The summed E-state index contributed by atoms with van der Waals surface area (Å²) in [5, 5.41) is 8.74. The predicted octanol–water partition coefficient (Wildman–Crippen LogP) is 2.22. The molecular formula is C11H23NO2. The first-order chi connectivity index (χ1) is 6.61.